The van der Waals surface area contributed by atoms with Gasteiger partial charge in [-0.3, -0.25) is 4.79 Å². The van der Waals surface area contributed by atoms with Crippen LogP contribution in [0.2, 0.25) is 0 Å². The normalized spacial score (nSPS) is 17.0. The summed E-state index contributed by atoms with van der Waals surface area (Å²) in [4.78, 5) is 23.0. The van der Waals surface area contributed by atoms with Gasteiger partial charge in [0.15, 0.2) is 0 Å². The monoisotopic (exact) mass is 363 g/mol. The van der Waals surface area contributed by atoms with Gasteiger partial charge in [-0.15, -0.1) is 12.3 Å². The fourth-order valence-corrected chi connectivity index (χ4v) is 3.32. The van der Waals surface area contributed by atoms with E-state index in [4.69, 9.17) is 11.2 Å². The Hall–Kier alpha value is -3.11. The van der Waals surface area contributed by atoms with Crippen LogP contribution in [0.15, 0.2) is 30.5 Å². The highest BCUT2D eigenvalue weighted by molar-refractivity contribution is 5.78. The lowest BCUT2D eigenvalue weighted by molar-refractivity contribution is -0.136. The largest absolute Gasteiger partial charge is 0.371 e. The van der Waals surface area contributed by atoms with E-state index >= 15 is 0 Å². The van der Waals surface area contributed by atoms with Crippen LogP contribution in [0.1, 0.15) is 23.2 Å². The van der Waals surface area contributed by atoms with Crippen molar-refractivity contribution in [2.45, 2.75) is 32.1 Å². The number of hydrogen-bond donors (Lipinski definition) is 2. The third-order valence-corrected chi connectivity index (χ3v) is 4.70. The second kappa shape index (κ2) is 7.64. The number of para-hydroxylation sites is 1. The van der Waals surface area contributed by atoms with Gasteiger partial charge in [0.25, 0.3) is 0 Å². The van der Waals surface area contributed by atoms with E-state index in [0.29, 0.717) is 32.1 Å². The molecule has 0 radical (unpaired) electrons. The Labute approximate surface area is 158 Å². The number of carbonyl (C=O) groups excluding carboxylic acids is 1. The molecule has 2 aromatic rings. The Morgan fingerprint density at radius 3 is 3.11 bits per heavy atom. The molecule has 0 saturated heterocycles. The minimum absolute atomic E-state index is 0.0401. The van der Waals surface area contributed by atoms with Gasteiger partial charge >= 0.3 is 0 Å². The average Bonchev–Trinajstić information content (AvgIpc) is 3.28. The predicted octanol–water partition coefficient (Wildman–Crippen LogP) is 1.76. The zero-order valence-corrected chi connectivity index (χ0v) is 14.9. The molecule has 138 valence electrons. The number of carbonyl (C=O) groups is 1. The predicted molar refractivity (Wildman–Crippen MR) is 102 cm³/mol. The minimum atomic E-state index is -0.0626. The van der Waals surface area contributed by atoms with Gasteiger partial charge in [0, 0.05) is 36.8 Å². The topological polar surface area (TPSA) is 79.4 Å². The first-order chi connectivity index (χ1) is 13.2. The third kappa shape index (κ3) is 3.86. The number of fused-ring (bicyclic) bond motifs is 2. The Bertz CT molecular complexity index is 867. The highest BCUT2D eigenvalue weighted by atomic mass is 16.5. The van der Waals surface area contributed by atoms with Crippen LogP contribution in [0.5, 0.6) is 0 Å². The summed E-state index contributed by atoms with van der Waals surface area (Å²) in [6.45, 7) is 1.42. The quantitative estimate of drug-likeness (QED) is 0.601. The van der Waals surface area contributed by atoms with Crippen molar-refractivity contribution >= 4 is 17.5 Å². The number of ether oxygens (including phenoxy) is 1. The summed E-state index contributed by atoms with van der Waals surface area (Å²) in [6, 6.07) is 8.23. The molecule has 4 rings (SSSR count). The van der Waals surface area contributed by atoms with Crippen LogP contribution in [0, 0.1) is 12.3 Å². The number of anilines is 2. The van der Waals surface area contributed by atoms with Gasteiger partial charge in [-0.1, -0.05) is 18.2 Å². The molecule has 1 amide bonds. The first kappa shape index (κ1) is 17.3. The molecule has 0 saturated carbocycles. The fourth-order valence-electron chi connectivity index (χ4n) is 3.32. The number of hydrogen-bond acceptors (Lipinski definition) is 6. The van der Waals surface area contributed by atoms with Crippen LogP contribution in [-0.4, -0.2) is 40.2 Å². The van der Waals surface area contributed by atoms with E-state index in [-0.39, 0.29) is 18.7 Å². The van der Waals surface area contributed by atoms with Crippen LogP contribution in [-0.2, 0) is 29.0 Å². The highest BCUT2D eigenvalue weighted by Gasteiger charge is 2.26. The summed E-state index contributed by atoms with van der Waals surface area (Å²) < 4.78 is 5.30. The van der Waals surface area contributed by atoms with Crippen LogP contribution in [0.4, 0.5) is 11.6 Å². The maximum absolute atomic E-state index is 12.2. The minimum Gasteiger partial charge on any atom is -0.371 e. The van der Waals surface area contributed by atoms with Gasteiger partial charge in [-0.05, 0) is 11.6 Å². The highest BCUT2D eigenvalue weighted by Crippen LogP contribution is 2.26. The first-order valence-electron chi connectivity index (χ1n) is 8.97. The van der Waals surface area contributed by atoms with Crippen LogP contribution in [0.25, 0.3) is 0 Å². The van der Waals surface area contributed by atoms with Crippen LogP contribution >= 0.6 is 0 Å². The first-order valence-corrected chi connectivity index (χ1v) is 8.97. The number of nitrogens with zero attached hydrogens (tertiary/aromatic N) is 3. The molecule has 7 heteroatoms. The molecule has 2 aliphatic rings. The van der Waals surface area contributed by atoms with Crippen LogP contribution in [0.3, 0.4) is 0 Å². The molecule has 0 bridgehead atoms. The van der Waals surface area contributed by atoms with E-state index in [0.717, 1.165) is 23.4 Å². The molecule has 2 aliphatic heterocycles. The molecule has 7 nitrogen and oxygen atoms in total. The summed E-state index contributed by atoms with van der Waals surface area (Å²) in [5, 5.41) is 6.75. The van der Waals surface area contributed by atoms with Gasteiger partial charge in [-0.2, -0.15) is 0 Å². The van der Waals surface area contributed by atoms with E-state index in [1.165, 1.54) is 5.56 Å². The van der Waals surface area contributed by atoms with E-state index in [2.05, 4.69) is 38.7 Å². The molecule has 0 fully saturated rings. The zero-order valence-electron chi connectivity index (χ0n) is 14.9. The van der Waals surface area contributed by atoms with Crippen LogP contribution < -0.4 is 10.6 Å². The molecule has 1 unspecified atom stereocenters. The number of rotatable bonds is 6. The zero-order chi connectivity index (χ0) is 18.6. The number of aromatic nitrogens is 2. The molecule has 2 N–H and O–H groups in total. The third-order valence-electron chi connectivity index (χ3n) is 4.70. The fraction of sp³-hybridized carbons (Fsp3) is 0.350. The summed E-state index contributed by atoms with van der Waals surface area (Å²) in [6.07, 6.45) is 8.40. The van der Waals surface area contributed by atoms with E-state index in [9.17, 15) is 4.79 Å². The summed E-state index contributed by atoms with van der Waals surface area (Å²) in [7, 11) is 0. The Kier molecular flexibility index (Phi) is 4.90. The molecule has 1 aromatic carbocycles. The molecular weight excluding hydrogens is 342 g/mol. The summed E-state index contributed by atoms with van der Waals surface area (Å²) >= 11 is 0. The molecular formula is C20H21N5O2. The molecule has 27 heavy (non-hydrogen) atoms. The van der Waals surface area contributed by atoms with E-state index in [1.807, 2.05) is 12.1 Å². The van der Waals surface area contributed by atoms with Gasteiger partial charge in [0.05, 0.1) is 18.8 Å². The summed E-state index contributed by atoms with van der Waals surface area (Å²) in [5.74, 6) is 2.99. The van der Waals surface area contributed by atoms with Crippen molar-refractivity contribution in [3.05, 3.63) is 47.3 Å². The Morgan fingerprint density at radius 1 is 1.37 bits per heavy atom. The number of nitrogens with one attached hydrogen (secondary N) is 2. The van der Waals surface area contributed by atoms with Crippen molar-refractivity contribution in [1.29, 1.82) is 0 Å². The number of benzene rings is 1. The molecule has 0 aliphatic carbocycles. The van der Waals surface area contributed by atoms with E-state index in [1.54, 1.807) is 11.1 Å². The van der Waals surface area contributed by atoms with Gasteiger partial charge in [0.1, 0.15) is 12.8 Å². The van der Waals surface area contributed by atoms with Gasteiger partial charge < -0.3 is 20.3 Å². The van der Waals surface area contributed by atoms with Gasteiger partial charge in [0.2, 0.25) is 11.9 Å². The van der Waals surface area contributed by atoms with Crippen molar-refractivity contribution in [1.82, 2.24) is 14.9 Å². The number of terminal acetylenes is 1. The van der Waals surface area contributed by atoms with Crippen molar-refractivity contribution in [3.63, 3.8) is 0 Å². The van der Waals surface area contributed by atoms with Gasteiger partial charge in [-0.25, -0.2) is 9.97 Å². The Morgan fingerprint density at radius 2 is 2.26 bits per heavy atom. The maximum atomic E-state index is 12.2. The lowest BCUT2D eigenvalue weighted by Gasteiger charge is -2.14. The van der Waals surface area contributed by atoms with Crippen molar-refractivity contribution in [3.8, 4) is 12.3 Å². The van der Waals surface area contributed by atoms with E-state index < -0.39 is 0 Å². The summed E-state index contributed by atoms with van der Waals surface area (Å²) in [5.41, 5.74) is 4.26. The Balaban J connectivity index is 1.34. The molecule has 3 heterocycles. The van der Waals surface area contributed by atoms with Crippen molar-refractivity contribution in [2.24, 2.45) is 0 Å². The molecule has 0 spiro atoms. The van der Waals surface area contributed by atoms with Crippen molar-refractivity contribution in [2.75, 3.05) is 23.8 Å². The maximum Gasteiger partial charge on any atom is 0.249 e. The lowest BCUT2D eigenvalue weighted by Crippen LogP contribution is -2.29. The van der Waals surface area contributed by atoms with Crippen molar-refractivity contribution < 1.29 is 9.53 Å². The second-order valence-corrected chi connectivity index (χ2v) is 6.62. The molecule has 1 aromatic heterocycles. The lowest BCUT2D eigenvalue weighted by atomic mass is 10.1. The SMILES string of the molecule is C#CCCOCC(=O)N1Cc2cnc(NC3Cc4ccccc4N3)nc2C1. The number of amides is 1. The standard InChI is InChI=1S/C20H21N5O2/c1-2-3-8-27-13-19(26)25-11-15-10-21-20(23-17(15)12-25)24-18-9-14-6-4-5-7-16(14)22-18/h1,4-7,10,18,22H,3,8-9,11-13H2,(H,21,23,24). The smallest absolute Gasteiger partial charge is 0.249 e. The second-order valence-electron chi connectivity index (χ2n) is 6.62. The molecule has 1 atom stereocenters. The average molecular weight is 363 g/mol.